The molecule has 2 heteroatoms. The molecule has 0 bridgehead atoms. The zero-order valence-corrected chi connectivity index (χ0v) is 10.4. The van der Waals surface area contributed by atoms with Crippen LogP contribution in [0.1, 0.15) is 24.2 Å². The molecule has 92 valence electrons. The summed E-state index contributed by atoms with van der Waals surface area (Å²) in [5.41, 5.74) is 1.94. The topological polar surface area (TPSA) is 32.6 Å². The van der Waals surface area contributed by atoms with E-state index in [4.69, 9.17) is 0 Å². The van der Waals surface area contributed by atoms with Gasteiger partial charge in [-0.1, -0.05) is 60.7 Å². The third-order valence-electron chi connectivity index (χ3n) is 2.86. The molecule has 2 aromatic rings. The van der Waals surface area contributed by atoms with Gasteiger partial charge in [0.15, 0.2) is 0 Å². The van der Waals surface area contributed by atoms with Crippen molar-refractivity contribution >= 4 is 6.21 Å². The van der Waals surface area contributed by atoms with Crippen LogP contribution in [0.2, 0.25) is 0 Å². The summed E-state index contributed by atoms with van der Waals surface area (Å²) in [5.74, 6) is 0. The number of aliphatic imine (C=N–C) groups is 1. The Balaban J connectivity index is 2.04. The predicted octanol–water partition coefficient (Wildman–Crippen LogP) is 3.23. The molecule has 2 atom stereocenters. The first-order chi connectivity index (χ1) is 8.77. The highest BCUT2D eigenvalue weighted by atomic mass is 16.3. The molecule has 18 heavy (non-hydrogen) atoms. The van der Waals surface area contributed by atoms with Crippen LogP contribution in [0.4, 0.5) is 0 Å². The first-order valence-electron chi connectivity index (χ1n) is 6.08. The molecule has 0 radical (unpaired) electrons. The highest BCUT2D eigenvalue weighted by Gasteiger charge is 2.13. The Morgan fingerprint density at radius 2 is 1.50 bits per heavy atom. The first-order valence-corrected chi connectivity index (χ1v) is 6.08. The molecule has 0 aromatic heterocycles. The Hall–Kier alpha value is -1.93. The van der Waals surface area contributed by atoms with Crippen LogP contribution in [-0.2, 0) is 0 Å². The van der Waals surface area contributed by atoms with Crippen LogP contribution in [0.3, 0.4) is 0 Å². The lowest BCUT2D eigenvalue weighted by atomic mass is 10.0. The monoisotopic (exact) mass is 239 g/mol. The fourth-order valence-corrected chi connectivity index (χ4v) is 1.75. The minimum Gasteiger partial charge on any atom is -0.386 e. The molecule has 0 aliphatic carbocycles. The average Bonchev–Trinajstić information content (AvgIpc) is 2.46. The second-order valence-electron chi connectivity index (χ2n) is 4.28. The number of benzene rings is 2. The van der Waals surface area contributed by atoms with Gasteiger partial charge in [0.1, 0.15) is 6.10 Å². The van der Waals surface area contributed by atoms with Gasteiger partial charge in [-0.3, -0.25) is 4.99 Å². The predicted molar refractivity (Wildman–Crippen MR) is 74.9 cm³/mol. The number of aliphatic hydroxyl groups excluding tert-OH is 1. The van der Waals surface area contributed by atoms with E-state index >= 15 is 0 Å². The fraction of sp³-hybridized carbons (Fsp3) is 0.188. The molecule has 0 spiro atoms. The van der Waals surface area contributed by atoms with E-state index in [9.17, 15) is 5.11 Å². The van der Waals surface area contributed by atoms with Crippen LogP contribution < -0.4 is 0 Å². The fourth-order valence-electron chi connectivity index (χ4n) is 1.75. The summed E-state index contributed by atoms with van der Waals surface area (Å²) in [5, 5.41) is 10.2. The molecule has 0 amide bonds. The van der Waals surface area contributed by atoms with Crippen LogP contribution in [0.15, 0.2) is 65.7 Å². The van der Waals surface area contributed by atoms with Crippen molar-refractivity contribution in [1.29, 1.82) is 0 Å². The first kappa shape index (κ1) is 12.5. The lowest BCUT2D eigenvalue weighted by Crippen LogP contribution is -2.12. The van der Waals surface area contributed by atoms with E-state index in [1.165, 1.54) is 0 Å². The summed E-state index contributed by atoms with van der Waals surface area (Å²) in [6, 6.07) is 19.4. The lowest BCUT2D eigenvalue weighted by Gasteiger charge is -2.15. The number of hydrogen-bond acceptors (Lipinski definition) is 2. The van der Waals surface area contributed by atoms with Gasteiger partial charge in [0.25, 0.3) is 0 Å². The van der Waals surface area contributed by atoms with Crippen molar-refractivity contribution in [3.8, 4) is 0 Å². The average molecular weight is 239 g/mol. The van der Waals surface area contributed by atoms with Gasteiger partial charge in [-0.05, 0) is 18.1 Å². The highest BCUT2D eigenvalue weighted by molar-refractivity contribution is 5.79. The standard InChI is InChI=1S/C16H17NO/c1-13(16(18)15-10-6-3-7-11-15)17-12-14-8-4-2-5-9-14/h2-13,16,18H,1H3/t13-,16+/m1/s1. The molecule has 0 heterocycles. The van der Waals surface area contributed by atoms with Crippen molar-refractivity contribution in [2.45, 2.75) is 19.1 Å². The van der Waals surface area contributed by atoms with Crippen molar-refractivity contribution in [3.05, 3.63) is 71.8 Å². The molecular formula is C16H17NO. The number of rotatable bonds is 4. The van der Waals surface area contributed by atoms with E-state index in [0.29, 0.717) is 0 Å². The maximum atomic E-state index is 10.2. The van der Waals surface area contributed by atoms with Crippen LogP contribution in [0, 0.1) is 0 Å². The van der Waals surface area contributed by atoms with Crippen molar-refractivity contribution < 1.29 is 5.11 Å². The summed E-state index contributed by atoms with van der Waals surface area (Å²) < 4.78 is 0. The molecule has 1 N–H and O–H groups in total. The normalized spacial score (nSPS) is 14.6. The van der Waals surface area contributed by atoms with E-state index in [-0.39, 0.29) is 6.04 Å². The van der Waals surface area contributed by atoms with Crippen molar-refractivity contribution in [3.63, 3.8) is 0 Å². The third-order valence-corrected chi connectivity index (χ3v) is 2.86. The summed E-state index contributed by atoms with van der Waals surface area (Å²) >= 11 is 0. The smallest absolute Gasteiger partial charge is 0.101 e. The van der Waals surface area contributed by atoms with Gasteiger partial charge in [-0.2, -0.15) is 0 Å². The minimum atomic E-state index is -0.564. The summed E-state index contributed by atoms with van der Waals surface area (Å²) in [6.45, 7) is 1.91. The second kappa shape index (κ2) is 6.12. The number of aliphatic hydroxyl groups is 1. The van der Waals surface area contributed by atoms with Crippen molar-refractivity contribution in [1.82, 2.24) is 0 Å². The Morgan fingerprint density at radius 1 is 0.944 bits per heavy atom. The Kier molecular flexibility index (Phi) is 4.26. The van der Waals surface area contributed by atoms with Crippen LogP contribution in [0.25, 0.3) is 0 Å². The largest absolute Gasteiger partial charge is 0.386 e. The minimum absolute atomic E-state index is 0.160. The molecule has 0 aliphatic rings. The number of nitrogens with zero attached hydrogens (tertiary/aromatic N) is 1. The highest BCUT2D eigenvalue weighted by Crippen LogP contribution is 2.18. The lowest BCUT2D eigenvalue weighted by molar-refractivity contribution is 0.154. The van der Waals surface area contributed by atoms with Gasteiger partial charge in [0.05, 0.1) is 6.04 Å². The summed E-state index contributed by atoms with van der Waals surface area (Å²) in [4.78, 5) is 4.40. The van der Waals surface area contributed by atoms with Gasteiger partial charge in [0.2, 0.25) is 0 Å². The Bertz CT molecular complexity index is 493. The third kappa shape index (κ3) is 3.28. The molecule has 0 fully saturated rings. The van der Waals surface area contributed by atoms with Gasteiger partial charge in [-0.15, -0.1) is 0 Å². The molecule has 0 aliphatic heterocycles. The van der Waals surface area contributed by atoms with Gasteiger partial charge in [-0.25, -0.2) is 0 Å². The molecule has 2 nitrogen and oxygen atoms in total. The Labute approximate surface area is 108 Å². The molecule has 0 unspecified atom stereocenters. The van der Waals surface area contributed by atoms with Crippen molar-refractivity contribution in [2.24, 2.45) is 4.99 Å². The van der Waals surface area contributed by atoms with Gasteiger partial charge in [0, 0.05) is 6.21 Å². The quantitative estimate of drug-likeness (QED) is 0.816. The second-order valence-corrected chi connectivity index (χ2v) is 4.28. The molecule has 2 aromatic carbocycles. The maximum Gasteiger partial charge on any atom is 0.101 e. The van der Waals surface area contributed by atoms with Gasteiger partial charge >= 0.3 is 0 Å². The van der Waals surface area contributed by atoms with E-state index in [2.05, 4.69) is 4.99 Å². The number of hydrogen-bond donors (Lipinski definition) is 1. The zero-order valence-electron chi connectivity index (χ0n) is 10.4. The van der Waals surface area contributed by atoms with Crippen molar-refractivity contribution in [2.75, 3.05) is 0 Å². The maximum absolute atomic E-state index is 10.2. The summed E-state index contributed by atoms with van der Waals surface area (Å²) in [7, 11) is 0. The van der Waals surface area contributed by atoms with E-state index in [0.717, 1.165) is 11.1 Å². The Morgan fingerprint density at radius 3 is 2.11 bits per heavy atom. The van der Waals surface area contributed by atoms with Gasteiger partial charge < -0.3 is 5.11 Å². The molecule has 2 rings (SSSR count). The van der Waals surface area contributed by atoms with Crippen LogP contribution >= 0.6 is 0 Å². The molecule has 0 saturated carbocycles. The molecule has 0 saturated heterocycles. The van der Waals surface area contributed by atoms with Crippen LogP contribution in [0.5, 0.6) is 0 Å². The van der Waals surface area contributed by atoms with E-state index in [1.807, 2.05) is 67.6 Å². The van der Waals surface area contributed by atoms with E-state index in [1.54, 1.807) is 6.21 Å². The van der Waals surface area contributed by atoms with E-state index < -0.39 is 6.10 Å². The SMILES string of the molecule is C[C@@H](N=Cc1ccccc1)[C@H](O)c1ccccc1. The molecular weight excluding hydrogens is 222 g/mol. The zero-order chi connectivity index (χ0) is 12.8. The van der Waals surface area contributed by atoms with Crippen LogP contribution in [-0.4, -0.2) is 17.4 Å². The summed E-state index contributed by atoms with van der Waals surface area (Å²) in [6.07, 6.45) is 1.24.